The van der Waals surface area contributed by atoms with Crippen molar-refractivity contribution >= 4 is 17.7 Å². The van der Waals surface area contributed by atoms with Crippen LogP contribution in [-0.4, -0.2) is 17.7 Å². The van der Waals surface area contributed by atoms with E-state index in [0.29, 0.717) is 5.56 Å². The summed E-state index contributed by atoms with van der Waals surface area (Å²) < 4.78 is 10.5. The summed E-state index contributed by atoms with van der Waals surface area (Å²) in [4.78, 5) is 34.9. The summed E-state index contributed by atoms with van der Waals surface area (Å²) in [5.74, 6) is -2.05. The maximum Gasteiger partial charge on any atom is 0.308 e. The molecule has 0 fully saturated rings. The van der Waals surface area contributed by atoms with Gasteiger partial charge in [0, 0.05) is 19.4 Å². The Morgan fingerprint density at radius 3 is 2.33 bits per heavy atom. The largest absolute Gasteiger partial charge is 0.456 e. The second-order valence-corrected chi connectivity index (χ2v) is 4.76. The first kappa shape index (κ1) is 14.8. The summed E-state index contributed by atoms with van der Waals surface area (Å²) in [6.07, 6.45) is 0. The Balaban J connectivity index is 2.42. The van der Waals surface area contributed by atoms with Gasteiger partial charge in [-0.05, 0) is 6.92 Å². The number of benzene rings is 1. The zero-order valence-electron chi connectivity index (χ0n) is 11.9. The van der Waals surface area contributed by atoms with Crippen molar-refractivity contribution < 1.29 is 23.9 Å². The maximum absolute atomic E-state index is 12.5. The average Bonchev–Trinajstić information content (AvgIpc) is 2.64. The van der Waals surface area contributed by atoms with Crippen molar-refractivity contribution in [3.8, 4) is 0 Å². The first-order valence-electron chi connectivity index (χ1n) is 6.34. The second kappa shape index (κ2) is 5.40. The van der Waals surface area contributed by atoms with Gasteiger partial charge in [-0.3, -0.25) is 19.7 Å². The number of Topliss-reactive ketones (excluding diaryl/α,β-unsaturated/α-hetero) is 1. The predicted octanol–water partition coefficient (Wildman–Crippen LogP) is 1.37. The van der Waals surface area contributed by atoms with E-state index < -0.39 is 23.3 Å². The van der Waals surface area contributed by atoms with Crippen LogP contribution in [0.25, 0.3) is 0 Å². The number of nitrogens with one attached hydrogen (secondary N) is 1. The molecule has 0 saturated heterocycles. The Bertz CT molecular complexity index is 635. The summed E-state index contributed by atoms with van der Waals surface area (Å²) in [7, 11) is 0. The van der Waals surface area contributed by atoms with E-state index >= 15 is 0 Å². The van der Waals surface area contributed by atoms with E-state index in [1.165, 1.54) is 13.8 Å². The standard InChI is InChI=1S/C15H15NO5/c1-9(17)16-14-12(20-10(2)18)13(19)15(3,21-14)11-7-5-4-6-8-11/h4-8H,1-3H3,(H,16,17). The van der Waals surface area contributed by atoms with Crippen molar-refractivity contribution in [2.45, 2.75) is 26.4 Å². The SMILES string of the molecule is CC(=O)NC1=C(OC(C)=O)C(=O)C(C)(c2ccccc2)O1. The Kier molecular flexibility index (Phi) is 3.80. The van der Waals surface area contributed by atoms with Crippen LogP contribution in [0.5, 0.6) is 0 Å². The van der Waals surface area contributed by atoms with Gasteiger partial charge < -0.3 is 9.47 Å². The minimum atomic E-state index is -1.34. The third-order valence-electron chi connectivity index (χ3n) is 3.01. The number of carbonyl (C=O) groups excluding carboxylic acids is 3. The molecule has 1 heterocycles. The van der Waals surface area contributed by atoms with Gasteiger partial charge in [-0.25, -0.2) is 0 Å². The molecule has 1 aromatic rings. The maximum atomic E-state index is 12.5. The number of ether oxygens (including phenoxy) is 2. The molecule has 0 aliphatic carbocycles. The van der Waals surface area contributed by atoms with Crippen LogP contribution in [0.1, 0.15) is 26.3 Å². The van der Waals surface area contributed by atoms with Gasteiger partial charge in [0.2, 0.25) is 17.5 Å². The number of hydrogen-bond acceptors (Lipinski definition) is 5. The molecule has 1 aromatic carbocycles. The highest BCUT2D eigenvalue weighted by Gasteiger charge is 2.49. The summed E-state index contributed by atoms with van der Waals surface area (Å²) in [5, 5.41) is 2.37. The van der Waals surface area contributed by atoms with E-state index in [4.69, 9.17) is 9.47 Å². The molecule has 21 heavy (non-hydrogen) atoms. The molecule has 0 saturated carbocycles. The van der Waals surface area contributed by atoms with E-state index in [0.717, 1.165) is 0 Å². The second-order valence-electron chi connectivity index (χ2n) is 4.76. The van der Waals surface area contributed by atoms with Crippen molar-refractivity contribution in [1.29, 1.82) is 0 Å². The van der Waals surface area contributed by atoms with E-state index in [1.807, 2.05) is 0 Å². The lowest BCUT2D eigenvalue weighted by atomic mass is 9.92. The fraction of sp³-hybridized carbons (Fsp3) is 0.267. The lowest BCUT2D eigenvalue weighted by Gasteiger charge is -2.23. The first-order chi connectivity index (χ1) is 9.84. The number of hydrogen-bond donors (Lipinski definition) is 1. The number of rotatable bonds is 3. The van der Waals surface area contributed by atoms with Crippen LogP contribution < -0.4 is 5.32 Å². The number of carbonyl (C=O) groups is 3. The summed E-state index contributed by atoms with van der Waals surface area (Å²) in [6, 6.07) is 8.78. The van der Waals surface area contributed by atoms with Crippen LogP contribution >= 0.6 is 0 Å². The first-order valence-corrected chi connectivity index (χ1v) is 6.34. The molecule has 1 aliphatic heterocycles. The molecule has 0 aromatic heterocycles. The molecule has 2 rings (SSSR count). The predicted molar refractivity (Wildman–Crippen MR) is 72.5 cm³/mol. The fourth-order valence-electron chi connectivity index (χ4n) is 2.04. The van der Waals surface area contributed by atoms with Crippen LogP contribution in [0, 0.1) is 0 Å². The number of ketones is 1. The molecule has 1 amide bonds. The lowest BCUT2D eigenvalue weighted by Crippen LogP contribution is -2.32. The van der Waals surface area contributed by atoms with Crippen LogP contribution in [0.15, 0.2) is 42.0 Å². The fourth-order valence-corrected chi connectivity index (χ4v) is 2.04. The van der Waals surface area contributed by atoms with Gasteiger partial charge in [0.25, 0.3) is 5.78 Å². The minimum Gasteiger partial charge on any atom is -0.456 e. The van der Waals surface area contributed by atoms with Crippen LogP contribution in [0.3, 0.4) is 0 Å². The molecule has 1 N–H and O–H groups in total. The normalized spacial score (nSPS) is 21.0. The van der Waals surface area contributed by atoms with Crippen molar-refractivity contribution in [3.05, 3.63) is 47.5 Å². The Hall–Kier alpha value is -2.63. The topological polar surface area (TPSA) is 81.7 Å². The Labute approximate surface area is 121 Å². The van der Waals surface area contributed by atoms with Crippen LogP contribution in [-0.2, 0) is 29.5 Å². The third kappa shape index (κ3) is 2.79. The highest BCUT2D eigenvalue weighted by Crippen LogP contribution is 2.38. The van der Waals surface area contributed by atoms with E-state index in [2.05, 4.69) is 5.32 Å². The zero-order valence-corrected chi connectivity index (χ0v) is 11.9. The zero-order chi connectivity index (χ0) is 15.6. The molecular weight excluding hydrogens is 274 g/mol. The van der Waals surface area contributed by atoms with Crippen molar-refractivity contribution in [1.82, 2.24) is 5.32 Å². The summed E-state index contributed by atoms with van der Waals surface area (Å²) in [5.41, 5.74) is -0.746. The number of amides is 1. The molecule has 6 heteroatoms. The Morgan fingerprint density at radius 1 is 1.19 bits per heavy atom. The van der Waals surface area contributed by atoms with Gasteiger partial charge in [0.1, 0.15) is 0 Å². The van der Waals surface area contributed by atoms with Crippen molar-refractivity contribution in [2.75, 3.05) is 0 Å². The molecule has 6 nitrogen and oxygen atoms in total. The quantitative estimate of drug-likeness (QED) is 0.850. The summed E-state index contributed by atoms with van der Waals surface area (Å²) in [6.45, 7) is 4.00. The molecule has 1 atom stereocenters. The highest BCUT2D eigenvalue weighted by atomic mass is 16.6. The molecule has 0 spiro atoms. The average molecular weight is 289 g/mol. The van der Waals surface area contributed by atoms with Crippen LogP contribution in [0.2, 0.25) is 0 Å². The van der Waals surface area contributed by atoms with Gasteiger partial charge in [-0.15, -0.1) is 0 Å². The highest BCUT2D eigenvalue weighted by molar-refractivity contribution is 6.04. The molecular formula is C15H15NO5. The van der Waals surface area contributed by atoms with E-state index in [-0.39, 0.29) is 11.6 Å². The van der Waals surface area contributed by atoms with Crippen molar-refractivity contribution in [2.24, 2.45) is 0 Å². The number of esters is 1. The molecule has 1 aliphatic rings. The van der Waals surface area contributed by atoms with Gasteiger partial charge in [0.15, 0.2) is 5.60 Å². The van der Waals surface area contributed by atoms with Crippen molar-refractivity contribution in [3.63, 3.8) is 0 Å². The van der Waals surface area contributed by atoms with Gasteiger partial charge in [0.05, 0.1) is 0 Å². The molecule has 0 bridgehead atoms. The van der Waals surface area contributed by atoms with Crippen LogP contribution in [0.4, 0.5) is 0 Å². The molecule has 0 radical (unpaired) electrons. The van der Waals surface area contributed by atoms with E-state index in [9.17, 15) is 14.4 Å². The van der Waals surface area contributed by atoms with Gasteiger partial charge >= 0.3 is 5.97 Å². The molecule has 110 valence electrons. The smallest absolute Gasteiger partial charge is 0.308 e. The minimum absolute atomic E-state index is 0.144. The van der Waals surface area contributed by atoms with E-state index in [1.54, 1.807) is 37.3 Å². The molecule has 1 unspecified atom stereocenters. The Morgan fingerprint density at radius 2 is 1.81 bits per heavy atom. The third-order valence-corrected chi connectivity index (χ3v) is 3.01. The van der Waals surface area contributed by atoms with Gasteiger partial charge in [-0.2, -0.15) is 0 Å². The monoisotopic (exact) mass is 289 g/mol. The van der Waals surface area contributed by atoms with Gasteiger partial charge in [-0.1, -0.05) is 30.3 Å². The summed E-state index contributed by atoms with van der Waals surface area (Å²) >= 11 is 0. The lowest BCUT2D eigenvalue weighted by molar-refractivity contribution is -0.142.